The van der Waals surface area contributed by atoms with Gasteiger partial charge in [0.25, 0.3) is 0 Å². The van der Waals surface area contributed by atoms with Gasteiger partial charge in [-0.05, 0) is 58.8 Å². The Labute approximate surface area is 192 Å². The second-order valence-electron chi connectivity index (χ2n) is 6.65. The summed E-state index contributed by atoms with van der Waals surface area (Å²) in [4.78, 5) is 12.7. The Hall–Kier alpha value is -3.49. The zero-order valence-electron chi connectivity index (χ0n) is 17.6. The third-order valence-electron chi connectivity index (χ3n) is 4.79. The van der Waals surface area contributed by atoms with Crippen molar-refractivity contribution < 1.29 is 28.8 Å². The zero-order chi connectivity index (χ0) is 22.7. The van der Waals surface area contributed by atoms with Crippen LogP contribution in [0.2, 0.25) is 0 Å². The fraction of sp³-hybridized carbons (Fsp3) is 0.125. The Morgan fingerprint density at radius 1 is 0.938 bits per heavy atom. The molecule has 4 aromatic rings. The molecule has 0 saturated carbocycles. The van der Waals surface area contributed by atoms with Gasteiger partial charge in [-0.3, -0.25) is 0 Å². The smallest absolute Gasteiger partial charge is 0.336 e. The van der Waals surface area contributed by atoms with Crippen LogP contribution in [0.25, 0.3) is 21.7 Å². The number of carboxylic acids is 1. The largest absolute Gasteiger partial charge is 0.497 e. The molecule has 32 heavy (non-hydrogen) atoms. The van der Waals surface area contributed by atoms with Crippen LogP contribution >= 0.6 is 22.7 Å². The van der Waals surface area contributed by atoms with Crippen LogP contribution in [-0.2, 0) is 4.79 Å². The highest BCUT2D eigenvalue weighted by molar-refractivity contribution is 7.20. The monoisotopic (exact) mass is 468 g/mol. The lowest BCUT2D eigenvalue weighted by atomic mass is 10.1. The molecular formula is C24H20O6S2. The normalized spacial score (nSPS) is 11.4. The van der Waals surface area contributed by atoms with Crippen LogP contribution < -0.4 is 18.9 Å². The molecule has 164 valence electrons. The number of carbonyl (C=O) groups is 1. The standard InChI is InChI=1S/C24H20O6S2/c1-27-15-4-6-16(7-5-15)30-23-18-10-19(28-2)20(29-3)12-21(18)32-22(23)11-17(24(25)26)14-8-9-31-13-14/h4-13H,1-3H3,(H,25,26)/b17-11+. The molecule has 0 saturated heterocycles. The second-order valence-corrected chi connectivity index (χ2v) is 8.52. The summed E-state index contributed by atoms with van der Waals surface area (Å²) < 4.78 is 23.3. The molecule has 8 heteroatoms. The molecule has 2 aromatic heterocycles. The number of carboxylic acid groups (broad SMARTS) is 1. The van der Waals surface area contributed by atoms with Crippen molar-refractivity contribution in [2.75, 3.05) is 21.3 Å². The number of aliphatic carboxylic acids is 1. The van der Waals surface area contributed by atoms with E-state index in [-0.39, 0.29) is 5.57 Å². The average Bonchev–Trinajstić information content (AvgIpc) is 3.45. The third kappa shape index (κ3) is 4.28. The van der Waals surface area contributed by atoms with Crippen molar-refractivity contribution in [2.45, 2.75) is 0 Å². The lowest BCUT2D eigenvalue weighted by Gasteiger charge is -2.10. The van der Waals surface area contributed by atoms with Crippen molar-refractivity contribution in [3.8, 4) is 28.7 Å². The van der Waals surface area contributed by atoms with E-state index in [1.807, 2.05) is 22.9 Å². The van der Waals surface area contributed by atoms with Gasteiger partial charge in [0.1, 0.15) is 11.5 Å². The van der Waals surface area contributed by atoms with Gasteiger partial charge in [-0.1, -0.05) is 0 Å². The Morgan fingerprint density at radius 3 is 2.22 bits per heavy atom. The van der Waals surface area contributed by atoms with E-state index in [4.69, 9.17) is 18.9 Å². The maximum Gasteiger partial charge on any atom is 0.336 e. The minimum atomic E-state index is -1.01. The van der Waals surface area contributed by atoms with E-state index in [1.165, 1.54) is 22.7 Å². The molecule has 0 amide bonds. The highest BCUT2D eigenvalue weighted by Crippen LogP contribution is 2.46. The van der Waals surface area contributed by atoms with Gasteiger partial charge >= 0.3 is 5.97 Å². The highest BCUT2D eigenvalue weighted by atomic mass is 32.1. The fourth-order valence-electron chi connectivity index (χ4n) is 3.20. The summed E-state index contributed by atoms with van der Waals surface area (Å²) in [5, 5.41) is 14.3. The number of thiophene rings is 2. The van der Waals surface area contributed by atoms with E-state index in [0.29, 0.717) is 39.2 Å². The van der Waals surface area contributed by atoms with Crippen molar-refractivity contribution >= 4 is 50.4 Å². The molecule has 6 nitrogen and oxygen atoms in total. The number of methoxy groups -OCH3 is 3. The maximum absolute atomic E-state index is 12.0. The van der Waals surface area contributed by atoms with Gasteiger partial charge in [0.15, 0.2) is 17.2 Å². The van der Waals surface area contributed by atoms with Crippen LogP contribution in [0.3, 0.4) is 0 Å². The fourth-order valence-corrected chi connectivity index (χ4v) is 4.94. The molecule has 2 aromatic carbocycles. The molecule has 0 aliphatic heterocycles. The number of benzene rings is 2. The summed E-state index contributed by atoms with van der Waals surface area (Å²) >= 11 is 2.87. The number of ether oxygens (including phenoxy) is 4. The molecule has 0 aliphatic rings. The van der Waals surface area contributed by atoms with Crippen LogP contribution in [0.15, 0.2) is 53.2 Å². The predicted molar refractivity (Wildman–Crippen MR) is 128 cm³/mol. The molecule has 4 rings (SSSR count). The van der Waals surface area contributed by atoms with Gasteiger partial charge in [-0.15, -0.1) is 11.3 Å². The van der Waals surface area contributed by atoms with E-state index >= 15 is 0 Å². The van der Waals surface area contributed by atoms with Gasteiger partial charge in [-0.2, -0.15) is 11.3 Å². The van der Waals surface area contributed by atoms with Crippen molar-refractivity contribution in [1.82, 2.24) is 0 Å². The van der Waals surface area contributed by atoms with Crippen LogP contribution in [0.4, 0.5) is 0 Å². The van der Waals surface area contributed by atoms with Gasteiger partial charge in [0, 0.05) is 16.2 Å². The highest BCUT2D eigenvalue weighted by Gasteiger charge is 2.20. The Bertz CT molecular complexity index is 1270. The minimum Gasteiger partial charge on any atom is -0.497 e. The Balaban J connectivity index is 1.90. The Morgan fingerprint density at radius 2 is 1.62 bits per heavy atom. The van der Waals surface area contributed by atoms with E-state index < -0.39 is 5.97 Å². The quantitative estimate of drug-likeness (QED) is 0.301. The van der Waals surface area contributed by atoms with Crippen LogP contribution in [0.1, 0.15) is 10.4 Å². The molecular weight excluding hydrogens is 448 g/mol. The van der Waals surface area contributed by atoms with Crippen molar-refractivity contribution in [3.05, 3.63) is 63.7 Å². The van der Waals surface area contributed by atoms with Gasteiger partial charge in [0.05, 0.1) is 31.8 Å². The molecule has 0 radical (unpaired) electrons. The summed E-state index contributed by atoms with van der Waals surface area (Å²) in [5.41, 5.74) is 0.835. The van der Waals surface area contributed by atoms with E-state index in [9.17, 15) is 9.90 Å². The van der Waals surface area contributed by atoms with Crippen LogP contribution in [0, 0.1) is 0 Å². The number of hydrogen-bond acceptors (Lipinski definition) is 7. The van der Waals surface area contributed by atoms with Gasteiger partial charge < -0.3 is 24.1 Å². The van der Waals surface area contributed by atoms with Gasteiger partial charge in [0.2, 0.25) is 0 Å². The van der Waals surface area contributed by atoms with Gasteiger partial charge in [-0.25, -0.2) is 4.79 Å². The maximum atomic E-state index is 12.0. The van der Waals surface area contributed by atoms with Crippen LogP contribution in [-0.4, -0.2) is 32.4 Å². The number of fused-ring (bicyclic) bond motifs is 1. The van der Waals surface area contributed by atoms with E-state index in [1.54, 1.807) is 57.7 Å². The molecule has 2 heterocycles. The number of hydrogen-bond donors (Lipinski definition) is 1. The SMILES string of the molecule is COc1ccc(Oc2c(/C=C(/C(=O)O)c3ccsc3)sc3cc(OC)c(OC)cc23)cc1. The summed E-state index contributed by atoms with van der Waals surface area (Å²) in [7, 11) is 4.74. The van der Waals surface area contributed by atoms with E-state index in [0.717, 1.165) is 10.1 Å². The first-order chi connectivity index (χ1) is 15.5. The molecule has 0 unspecified atom stereocenters. The molecule has 0 aliphatic carbocycles. The molecule has 0 atom stereocenters. The van der Waals surface area contributed by atoms with E-state index in [2.05, 4.69) is 0 Å². The Kier molecular flexibility index (Phi) is 6.34. The molecule has 0 fully saturated rings. The van der Waals surface area contributed by atoms with Crippen molar-refractivity contribution in [3.63, 3.8) is 0 Å². The third-order valence-corrected chi connectivity index (χ3v) is 6.56. The summed E-state index contributed by atoms with van der Waals surface area (Å²) in [6.45, 7) is 0. The lowest BCUT2D eigenvalue weighted by Crippen LogP contribution is -1.98. The predicted octanol–water partition coefficient (Wildman–Crippen LogP) is 6.41. The topological polar surface area (TPSA) is 74.2 Å². The number of rotatable bonds is 8. The second kappa shape index (κ2) is 9.33. The zero-order valence-corrected chi connectivity index (χ0v) is 19.2. The first-order valence-corrected chi connectivity index (χ1v) is 11.3. The summed E-state index contributed by atoms with van der Waals surface area (Å²) in [6.07, 6.45) is 1.65. The van der Waals surface area contributed by atoms with Crippen LogP contribution in [0.5, 0.6) is 28.7 Å². The molecule has 0 spiro atoms. The summed E-state index contributed by atoms with van der Waals surface area (Å²) in [6, 6.07) is 12.7. The molecule has 0 bridgehead atoms. The van der Waals surface area contributed by atoms with Crippen molar-refractivity contribution in [2.24, 2.45) is 0 Å². The molecule has 1 N–H and O–H groups in total. The van der Waals surface area contributed by atoms with Crippen molar-refractivity contribution in [1.29, 1.82) is 0 Å². The average molecular weight is 469 g/mol. The first-order valence-electron chi connectivity index (χ1n) is 9.52. The minimum absolute atomic E-state index is 0.191. The summed E-state index contributed by atoms with van der Waals surface area (Å²) in [5.74, 6) is 2.00. The first kappa shape index (κ1) is 21.7. The lowest BCUT2D eigenvalue weighted by molar-refractivity contribution is -0.130.